The van der Waals surface area contributed by atoms with E-state index in [9.17, 15) is 9.59 Å². The molecule has 0 aliphatic heterocycles. The highest BCUT2D eigenvalue weighted by Crippen LogP contribution is 2.18. The minimum Gasteiger partial charge on any atom is -0.396 e. The van der Waals surface area contributed by atoms with Crippen LogP contribution in [-0.4, -0.2) is 32.4 Å². The maximum Gasteiger partial charge on any atom is 0.257 e. The van der Waals surface area contributed by atoms with Crippen LogP contribution >= 0.6 is 0 Å². The number of rotatable bonds is 6. The van der Waals surface area contributed by atoms with E-state index < -0.39 is 5.91 Å². The highest BCUT2D eigenvalue weighted by Gasteiger charge is 2.19. The van der Waals surface area contributed by atoms with Crippen LogP contribution < -0.4 is 10.7 Å². The van der Waals surface area contributed by atoms with Gasteiger partial charge in [0.1, 0.15) is 11.2 Å². The Morgan fingerprint density at radius 3 is 2.84 bits per heavy atom. The van der Waals surface area contributed by atoms with Gasteiger partial charge in [-0.15, -0.1) is 0 Å². The second kappa shape index (κ2) is 7.31. The maximum atomic E-state index is 12.6. The van der Waals surface area contributed by atoms with E-state index in [1.807, 2.05) is 30.3 Å². The Morgan fingerprint density at radius 2 is 2.12 bits per heavy atom. The van der Waals surface area contributed by atoms with E-state index in [-0.39, 0.29) is 23.6 Å². The monoisotopic (exact) mass is 340 g/mol. The molecule has 3 N–H and O–H groups in total. The van der Waals surface area contributed by atoms with Crippen LogP contribution in [0.4, 0.5) is 0 Å². The molecule has 0 fully saturated rings. The largest absolute Gasteiger partial charge is 0.396 e. The molecule has 2 heterocycles. The molecule has 1 amide bonds. The number of aromatic nitrogens is 3. The molecule has 0 saturated heterocycles. The number of aliphatic hydroxyl groups is 1. The van der Waals surface area contributed by atoms with Crippen LogP contribution in [0, 0.1) is 0 Å². The fraction of sp³-hybridized carbons (Fsp3) is 0.278. The summed E-state index contributed by atoms with van der Waals surface area (Å²) in [6.07, 6.45) is 4.00. The average Bonchev–Trinajstić information content (AvgIpc) is 3.01. The molecule has 1 atom stereocenters. The van der Waals surface area contributed by atoms with Crippen molar-refractivity contribution in [1.29, 1.82) is 0 Å². The summed E-state index contributed by atoms with van der Waals surface area (Å²) >= 11 is 0. The predicted molar refractivity (Wildman–Crippen MR) is 94.3 cm³/mol. The number of hydrogen-bond acceptors (Lipinski definition) is 4. The number of aliphatic hydroxyl groups excluding tert-OH is 1. The van der Waals surface area contributed by atoms with Crippen molar-refractivity contribution in [3.63, 3.8) is 0 Å². The molecular formula is C18H20N4O3. The Morgan fingerprint density at radius 1 is 1.36 bits per heavy atom. The highest BCUT2D eigenvalue weighted by atomic mass is 16.3. The number of amides is 1. The van der Waals surface area contributed by atoms with E-state index in [4.69, 9.17) is 5.11 Å². The van der Waals surface area contributed by atoms with E-state index >= 15 is 0 Å². The van der Waals surface area contributed by atoms with Gasteiger partial charge in [-0.3, -0.25) is 14.3 Å². The number of H-pyrrole nitrogens is 1. The van der Waals surface area contributed by atoms with Gasteiger partial charge in [0.2, 0.25) is 5.43 Å². The van der Waals surface area contributed by atoms with Gasteiger partial charge in [-0.25, -0.2) is 0 Å². The second-order valence-electron chi connectivity index (χ2n) is 5.86. The van der Waals surface area contributed by atoms with Crippen LogP contribution in [-0.2, 0) is 7.05 Å². The number of fused-ring (bicyclic) bond motifs is 1. The minimum atomic E-state index is -0.446. The third kappa shape index (κ3) is 3.46. The van der Waals surface area contributed by atoms with Crippen molar-refractivity contribution in [2.45, 2.75) is 18.9 Å². The SMILES string of the molecule is Cn1ncc2c(=O)c(C(=O)NC(CCCO)c3ccccc3)c[nH]c21. The first-order valence-electron chi connectivity index (χ1n) is 8.12. The van der Waals surface area contributed by atoms with Gasteiger partial charge >= 0.3 is 0 Å². The van der Waals surface area contributed by atoms with Gasteiger partial charge in [0.25, 0.3) is 5.91 Å². The van der Waals surface area contributed by atoms with E-state index in [1.165, 1.54) is 12.4 Å². The Bertz CT molecular complexity index is 930. The van der Waals surface area contributed by atoms with Crippen molar-refractivity contribution in [2.24, 2.45) is 7.05 Å². The average molecular weight is 340 g/mol. The molecule has 0 saturated carbocycles. The summed E-state index contributed by atoms with van der Waals surface area (Å²) in [6, 6.07) is 9.23. The van der Waals surface area contributed by atoms with Gasteiger partial charge in [-0.2, -0.15) is 5.10 Å². The van der Waals surface area contributed by atoms with Gasteiger partial charge in [-0.05, 0) is 18.4 Å². The van der Waals surface area contributed by atoms with Crippen molar-refractivity contribution in [3.05, 3.63) is 64.1 Å². The topological polar surface area (TPSA) is 100 Å². The second-order valence-corrected chi connectivity index (χ2v) is 5.86. The van der Waals surface area contributed by atoms with E-state index in [1.54, 1.807) is 11.7 Å². The summed E-state index contributed by atoms with van der Waals surface area (Å²) in [6.45, 7) is 0.0431. The fourth-order valence-corrected chi connectivity index (χ4v) is 2.83. The zero-order valence-electron chi connectivity index (χ0n) is 13.9. The zero-order chi connectivity index (χ0) is 17.8. The minimum absolute atomic E-state index is 0.0431. The molecular weight excluding hydrogens is 320 g/mol. The van der Waals surface area contributed by atoms with Crippen molar-refractivity contribution in [1.82, 2.24) is 20.1 Å². The maximum absolute atomic E-state index is 12.6. The Labute approximate surface area is 144 Å². The lowest BCUT2D eigenvalue weighted by molar-refractivity contribution is 0.0931. The van der Waals surface area contributed by atoms with Crippen molar-refractivity contribution in [3.8, 4) is 0 Å². The summed E-state index contributed by atoms with van der Waals surface area (Å²) in [5, 5.41) is 16.4. The third-order valence-electron chi connectivity index (χ3n) is 4.18. The third-order valence-corrected chi connectivity index (χ3v) is 4.18. The van der Waals surface area contributed by atoms with E-state index in [0.29, 0.717) is 23.9 Å². The number of carbonyl (C=O) groups excluding carboxylic acids is 1. The molecule has 0 aliphatic carbocycles. The van der Waals surface area contributed by atoms with Gasteiger partial charge in [0.05, 0.1) is 17.6 Å². The number of hydrogen-bond donors (Lipinski definition) is 3. The molecule has 7 heteroatoms. The zero-order valence-corrected chi connectivity index (χ0v) is 13.9. The number of aryl methyl sites for hydroxylation is 1. The number of pyridine rings is 1. The lowest BCUT2D eigenvalue weighted by Crippen LogP contribution is -2.32. The smallest absolute Gasteiger partial charge is 0.257 e. The normalized spacial score (nSPS) is 12.2. The molecule has 130 valence electrons. The van der Waals surface area contributed by atoms with Gasteiger partial charge in [-0.1, -0.05) is 30.3 Å². The summed E-state index contributed by atoms with van der Waals surface area (Å²) in [5.41, 5.74) is 1.20. The number of nitrogens with one attached hydrogen (secondary N) is 2. The molecule has 7 nitrogen and oxygen atoms in total. The molecule has 2 aromatic heterocycles. The predicted octanol–water partition coefficient (Wildman–Crippen LogP) is 1.51. The summed E-state index contributed by atoms with van der Waals surface area (Å²) in [4.78, 5) is 28.1. The fourth-order valence-electron chi connectivity index (χ4n) is 2.83. The Hall–Kier alpha value is -2.93. The highest BCUT2D eigenvalue weighted by molar-refractivity contribution is 5.96. The summed E-state index contributed by atoms with van der Waals surface area (Å²) in [5.74, 6) is -0.446. The number of nitrogens with zero attached hydrogens (tertiary/aromatic N) is 2. The summed E-state index contributed by atoms with van der Waals surface area (Å²) < 4.78 is 1.55. The number of benzene rings is 1. The van der Waals surface area contributed by atoms with Crippen LogP contribution in [0.3, 0.4) is 0 Å². The van der Waals surface area contributed by atoms with Gasteiger partial charge < -0.3 is 15.4 Å². The first kappa shape index (κ1) is 16.9. The quantitative estimate of drug-likeness (QED) is 0.633. The van der Waals surface area contributed by atoms with Crippen LogP contribution in [0.25, 0.3) is 11.0 Å². The standard InChI is InChI=1S/C18H20N4O3/c1-22-17-13(11-20-22)16(24)14(10-19-17)18(25)21-15(8-5-9-23)12-6-3-2-4-7-12/h2-4,6-7,10-11,15,23H,5,8-9H2,1H3,(H,19,24)(H,21,25). The molecule has 0 aliphatic rings. The van der Waals surface area contributed by atoms with Crippen LogP contribution in [0.1, 0.15) is 34.8 Å². The molecule has 1 unspecified atom stereocenters. The molecule has 25 heavy (non-hydrogen) atoms. The molecule has 3 aromatic rings. The Kier molecular flexibility index (Phi) is 4.95. The first-order chi connectivity index (χ1) is 12.1. The lowest BCUT2D eigenvalue weighted by atomic mass is 10.0. The first-order valence-corrected chi connectivity index (χ1v) is 8.12. The van der Waals surface area contributed by atoms with Gasteiger partial charge in [0, 0.05) is 19.9 Å². The molecule has 3 rings (SSSR count). The van der Waals surface area contributed by atoms with E-state index in [2.05, 4.69) is 15.4 Å². The molecule has 1 aromatic carbocycles. The molecule has 0 spiro atoms. The summed E-state index contributed by atoms with van der Waals surface area (Å²) in [7, 11) is 1.72. The van der Waals surface area contributed by atoms with Crippen molar-refractivity contribution >= 4 is 16.9 Å². The number of aromatic amines is 1. The molecule has 0 radical (unpaired) electrons. The van der Waals surface area contributed by atoms with Crippen LogP contribution in [0.2, 0.25) is 0 Å². The van der Waals surface area contributed by atoms with E-state index in [0.717, 1.165) is 5.56 Å². The molecule has 0 bridgehead atoms. The van der Waals surface area contributed by atoms with Crippen molar-refractivity contribution < 1.29 is 9.90 Å². The Balaban J connectivity index is 1.88. The lowest BCUT2D eigenvalue weighted by Gasteiger charge is -2.19. The number of carbonyl (C=O) groups is 1. The van der Waals surface area contributed by atoms with Crippen molar-refractivity contribution in [2.75, 3.05) is 6.61 Å². The van der Waals surface area contributed by atoms with Gasteiger partial charge in [0.15, 0.2) is 0 Å². The van der Waals surface area contributed by atoms with Crippen LogP contribution in [0.15, 0.2) is 47.5 Å². The van der Waals surface area contributed by atoms with Crippen LogP contribution in [0.5, 0.6) is 0 Å².